The SMILES string of the molecule is N#CC1=C(N)Oc2cc(OC(=O)c3ccc(Cl)cc3)ccc2C1c1ccc(OCc2ccc(Cl)cc2)cc1. The number of carbonyl (C=O) groups is 1. The van der Waals surface area contributed by atoms with Gasteiger partial charge in [-0.2, -0.15) is 5.26 Å². The van der Waals surface area contributed by atoms with E-state index in [0.717, 1.165) is 16.7 Å². The molecule has 0 amide bonds. The lowest BCUT2D eigenvalue weighted by Gasteiger charge is -2.26. The molecule has 5 rings (SSSR count). The van der Waals surface area contributed by atoms with Gasteiger partial charge in [-0.1, -0.05) is 53.5 Å². The highest BCUT2D eigenvalue weighted by Crippen LogP contribution is 2.43. The zero-order chi connectivity index (χ0) is 26.6. The Kier molecular flexibility index (Phi) is 7.23. The minimum Gasteiger partial charge on any atom is -0.489 e. The number of allylic oxidation sites excluding steroid dienone is 1. The molecule has 0 spiro atoms. The van der Waals surface area contributed by atoms with E-state index in [4.69, 9.17) is 43.1 Å². The lowest BCUT2D eigenvalue weighted by molar-refractivity contribution is 0.0734. The second-order valence-corrected chi connectivity index (χ2v) is 9.38. The molecule has 0 radical (unpaired) electrons. The van der Waals surface area contributed by atoms with Crippen molar-refractivity contribution in [3.63, 3.8) is 0 Å². The van der Waals surface area contributed by atoms with Crippen molar-refractivity contribution in [2.75, 3.05) is 0 Å². The number of fused-ring (bicyclic) bond motifs is 1. The van der Waals surface area contributed by atoms with Crippen LogP contribution in [-0.4, -0.2) is 5.97 Å². The third kappa shape index (κ3) is 5.45. The summed E-state index contributed by atoms with van der Waals surface area (Å²) in [6.45, 7) is 0.393. The number of rotatable bonds is 6. The van der Waals surface area contributed by atoms with Crippen molar-refractivity contribution in [3.8, 4) is 23.3 Å². The zero-order valence-electron chi connectivity index (χ0n) is 19.9. The fraction of sp³-hybridized carbons (Fsp3) is 0.0667. The minimum absolute atomic E-state index is 0.00533. The summed E-state index contributed by atoms with van der Waals surface area (Å²) < 4.78 is 17.1. The molecule has 1 unspecified atom stereocenters. The van der Waals surface area contributed by atoms with E-state index in [2.05, 4.69) is 6.07 Å². The molecule has 6 nitrogen and oxygen atoms in total. The summed E-state index contributed by atoms with van der Waals surface area (Å²) >= 11 is 11.8. The molecule has 38 heavy (non-hydrogen) atoms. The normalized spacial score (nSPS) is 14.2. The van der Waals surface area contributed by atoms with Crippen molar-refractivity contribution in [2.24, 2.45) is 5.73 Å². The number of hydrogen-bond donors (Lipinski definition) is 1. The number of ether oxygens (including phenoxy) is 3. The van der Waals surface area contributed by atoms with E-state index < -0.39 is 11.9 Å². The van der Waals surface area contributed by atoms with Crippen molar-refractivity contribution in [1.82, 2.24) is 0 Å². The van der Waals surface area contributed by atoms with Gasteiger partial charge in [0, 0.05) is 21.7 Å². The van der Waals surface area contributed by atoms with E-state index in [1.165, 1.54) is 0 Å². The fourth-order valence-corrected chi connectivity index (χ4v) is 4.35. The van der Waals surface area contributed by atoms with Gasteiger partial charge in [0.05, 0.1) is 11.5 Å². The Bertz CT molecular complexity index is 1560. The maximum absolute atomic E-state index is 12.5. The van der Waals surface area contributed by atoms with Gasteiger partial charge in [-0.15, -0.1) is 0 Å². The Morgan fingerprint density at radius 2 is 1.53 bits per heavy atom. The van der Waals surface area contributed by atoms with Crippen LogP contribution in [0.3, 0.4) is 0 Å². The molecule has 0 aliphatic carbocycles. The summed E-state index contributed by atoms with van der Waals surface area (Å²) in [5.41, 5.74) is 9.31. The summed E-state index contributed by atoms with van der Waals surface area (Å²) in [6.07, 6.45) is 0. The van der Waals surface area contributed by atoms with Gasteiger partial charge in [0.1, 0.15) is 35.5 Å². The summed E-state index contributed by atoms with van der Waals surface area (Å²) in [7, 11) is 0. The molecular formula is C30H20Cl2N2O4. The molecule has 0 fully saturated rings. The van der Waals surface area contributed by atoms with Crippen molar-refractivity contribution in [3.05, 3.63) is 135 Å². The van der Waals surface area contributed by atoms with Crippen molar-refractivity contribution in [2.45, 2.75) is 12.5 Å². The molecule has 1 aliphatic heterocycles. The predicted octanol–water partition coefficient (Wildman–Crippen LogP) is 7.01. The molecule has 0 saturated carbocycles. The van der Waals surface area contributed by atoms with Gasteiger partial charge in [0.15, 0.2) is 0 Å². The second kappa shape index (κ2) is 10.9. The lowest BCUT2D eigenvalue weighted by atomic mass is 9.83. The van der Waals surface area contributed by atoms with Crippen LogP contribution in [-0.2, 0) is 6.61 Å². The van der Waals surface area contributed by atoms with Crippen LogP contribution < -0.4 is 19.9 Å². The maximum atomic E-state index is 12.5. The summed E-state index contributed by atoms with van der Waals surface area (Å²) in [6, 6.07) is 28.5. The van der Waals surface area contributed by atoms with E-state index in [-0.39, 0.29) is 11.6 Å². The van der Waals surface area contributed by atoms with Crippen LogP contribution in [0.2, 0.25) is 10.0 Å². The topological polar surface area (TPSA) is 94.6 Å². The van der Waals surface area contributed by atoms with Crippen LogP contribution in [0.15, 0.2) is 102 Å². The van der Waals surface area contributed by atoms with Crippen LogP contribution in [0.1, 0.15) is 33.0 Å². The number of benzene rings is 4. The first kappa shape index (κ1) is 25.2. The van der Waals surface area contributed by atoms with Gasteiger partial charge in [0.25, 0.3) is 0 Å². The number of nitrogens with two attached hydrogens (primary N) is 1. The van der Waals surface area contributed by atoms with Crippen LogP contribution in [0.4, 0.5) is 0 Å². The quantitative estimate of drug-likeness (QED) is 0.208. The van der Waals surface area contributed by atoms with Crippen LogP contribution in [0.5, 0.6) is 17.2 Å². The molecule has 0 aromatic heterocycles. The number of carbonyl (C=O) groups excluding carboxylic acids is 1. The van der Waals surface area contributed by atoms with Gasteiger partial charge in [-0.3, -0.25) is 0 Å². The molecule has 2 N–H and O–H groups in total. The Morgan fingerprint density at radius 3 is 2.18 bits per heavy atom. The van der Waals surface area contributed by atoms with E-state index in [0.29, 0.717) is 39.3 Å². The molecular weight excluding hydrogens is 523 g/mol. The minimum atomic E-state index is -0.538. The fourth-order valence-electron chi connectivity index (χ4n) is 4.10. The molecule has 188 valence electrons. The number of hydrogen-bond acceptors (Lipinski definition) is 6. The Labute approximate surface area is 229 Å². The molecule has 0 bridgehead atoms. The summed E-state index contributed by atoms with van der Waals surface area (Å²) in [5.74, 6) is 0.349. The number of nitrogens with zero attached hydrogens (tertiary/aromatic N) is 1. The smallest absolute Gasteiger partial charge is 0.343 e. The monoisotopic (exact) mass is 542 g/mol. The predicted molar refractivity (Wildman–Crippen MR) is 144 cm³/mol. The zero-order valence-corrected chi connectivity index (χ0v) is 21.4. The average molecular weight is 543 g/mol. The van der Waals surface area contributed by atoms with E-state index >= 15 is 0 Å². The Hall–Kier alpha value is -4.44. The Morgan fingerprint density at radius 1 is 0.895 bits per heavy atom. The maximum Gasteiger partial charge on any atom is 0.343 e. The first-order valence-electron chi connectivity index (χ1n) is 11.6. The standard InChI is InChI=1S/C30H20Cl2N2O4/c31-21-7-1-18(2-8-21)17-36-23-11-5-19(6-12-23)28-25-14-13-24(15-27(25)38-29(34)26(28)16-33)37-30(35)20-3-9-22(32)10-4-20/h1-15,28H,17,34H2. The molecule has 1 atom stereocenters. The van der Waals surface area contributed by atoms with E-state index in [1.807, 2.05) is 48.5 Å². The van der Waals surface area contributed by atoms with Gasteiger partial charge in [0.2, 0.25) is 5.88 Å². The first-order valence-corrected chi connectivity index (χ1v) is 12.3. The van der Waals surface area contributed by atoms with Crippen LogP contribution in [0.25, 0.3) is 0 Å². The highest BCUT2D eigenvalue weighted by molar-refractivity contribution is 6.30. The second-order valence-electron chi connectivity index (χ2n) is 8.51. The molecule has 4 aromatic carbocycles. The van der Waals surface area contributed by atoms with Gasteiger partial charge in [-0.25, -0.2) is 4.79 Å². The molecule has 8 heteroatoms. The van der Waals surface area contributed by atoms with E-state index in [9.17, 15) is 10.1 Å². The average Bonchev–Trinajstić information content (AvgIpc) is 2.92. The number of esters is 1. The van der Waals surface area contributed by atoms with Crippen molar-refractivity contribution in [1.29, 1.82) is 5.26 Å². The van der Waals surface area contributed by atoms with Gasteiger partial charge < -0.3 is 19.9 Å². The number of halogens is 2. The highest BCUT2D eigenvalue weighted by Gasteiger charge is 2.31. The van der Waals surface area contributed by atoms with Crippen LogP contribution in [0, 0.1) is 11.3 Å². The van der Waals surface area contributed by atoms with Gasteiger partial charge in [-0.05, 0) is 65.7 Å². The number of nitriles is 1. The van der Waals surface area contributed by atoms with Crippen LogP contribution >= 0.6 is 23.2 Å². The van der Waals surface area contributed by atoms with Gasteiger partial charge >= 0.3 is 5.97 Å². The van der Waals surface area contributed by atoms with Crippen molar-refractivity contribution < 1.29 is 19.0 Å². The molecule has 0 saturated heterocycles. The van der Waals surface area contributed by atoms with E-state index in [1.54, 1.807) is 42.5 Å². The Balaban J connectivity index is 1.37. The molecule has 1 aliphatic rings. The largest absolute Gasteiger partial charge is 0.489 e. The summed E-state index contributed by atoms with van der Waals surface area (Å²) in [5, 5.41) is 11.0. The first-order chi connectivity index (χ1) is 18.4. The molecule has 4 aromatic rings. The summed E-state index contributed by atoms with van der Waals surface area (Å²) in [4.78, 5) is 12.5. The molecule has 1 heterocycles. The van der Waals surface area contributed by atoms with Crippen molar-refractivity contribution >= 4 is 29.2 Å². The highest BCUT2D eigenvalue weighted by atomic mass is 35.5. The third-order valence-electron chi connectivity index (χ3n) is 6.01. The third-order valence-corrected chi connectivity index (χ3v) is 6.52. The lowest BCUT2D eigenvalue weighted by Crippen LogP contribution is -2.21.